The number of carbonyl (C=O) groups excluding carboxylic acids is 1. The Kier molecular flexibility index (Phi) is 8.12. The van der Waals surface area contributed by atoms with E-state index in [9.17, 15) is 9.90 Å². The van der Waals surface area contributed by atoms with Crippen molar-refractivity contribution in [3.8, 4) is 5.75 Å². The van der Waals surface area contributed by atoms with E-state index >= 15 is 0 Å². The van der Waals surface area contributed by atoms with Crippen LogP contribution in [-0.2, 0) is 4.79 Å². The molecule has 0 aromatic heterocycles. The molecule has 1 aromatic carbocycles. The molecule has 6 heteroatoms. The molecule has 0 fully saturated rings. The Morgan fingerprint density at radius 3 is 2.67 bits per heavy atom. The first kappa shape index (κ1) is 17.8. The van der Waals surface area contributed by atoms with Crippen LogP contribution in [0, 0.1) is 0 Å². The van der Waals surface area contributed by atoms with Gasteiger partial charge in [-0.2, -0.15) is 0 Å². The molecule has 0 saturated heterocycles. The monoisotopic (exact) mass is 314 g/mol. The number of rotatable bonds is 9. The Bertz CT molecular complexity index is 425. The summed E-state index contributed by atoms with van der Waals surface area (Å²) in [4.78, 5) is 11.6. The van der Waals surface area contributed by atoms with Crippen LogP contribution < -0.4 is 15.4 Å². The van der Waals surface area contributed by atoms with E-state index in [1.165, 1.54) is 0 Å². The fourth-order valence-corrected chi connectivity index (χ4v) is 1.71. The molecule has 0 aliphatic rings. The van der Waals surface area contributed by atoms with Crippen molar-refractivity contribution in [2.75, 3.05) is 19.7 Å². The van der Waals surface area contributed by atoms with E-state index < -0.39 is 6.10 Å². The second kappa shape index (κ2) is 9.60. The first-order chi connectivity index (χ1) is 10.0. The summed E-state index contributed by atoms with van der Waals surface area (Å²) in [7, 11) is 0. The summed E-state index contributed by atoms with van der Waals surface area (Å²) in [6, 6.07) is 6.58. The number of benzene rings is 1. The second-order valence-corrected chi connectivity index (χ2v) is 5.28. The number of halogens is 1. The van der Waals surface area contributed by atoms with E-state index in [4.69, 9.17) is 16.3 Å². The van der Waals surface area contributed by atoms with Crippen LogP contribution in [0.5, 0.6) is 5.75 Å². The number of aliphatic hydroxyl groups excluding tert-OH is 1. The standard InChI is InChI=1S/C15H23ClN2O3/c1-3-8-17-15(20)11(2)18-9-13(19)10-21-14-6-4-12(16)5-7-14/h4-7,11,13,18-19H,3,8-10H2,1-2H3,(H,17,20). The molecule has 0 aliphatic carbocycles. The highest BCUT2D eigenvalue weighted by Gasteiger charge is 2.13. The molecule has 3 N–H and O–H groups in total. The van der Waals surface area contributed by atoms with Crippen LogP contribution in [-0.4, -0.2) is 42.9 Å². The largest absolute Gasteiger partial charge is 0.491 e. The van der Waals surface area contributed by atoms with Crippen molar-refractivity contribution in [2.45, 2.75) is 32.4 Å². The second-order valence-electron chi connectivity index (χ2n) is 4.84. The van der Waals surface area contributed by atoms with Gasteiger partial charge in [0.1, 0.15) is 18.5 Å². The van der Waals surface area contributed by atoms with Gasteiger partial charge in [-0.05, 0) is 37.6 Å². The van der Waals surface area contributed by atoms with Crippen LogP contribution >= 0.6 is 11.6 Å². The third kappa shape index (κ3) is 7.32. The van der Waals surface area contributed by atoms with Gasteiger partial charge in [0.15, 0.2) is 0 Å². The van der Waals surface area contributed by atoms with Crippen molar-refractivity contribution in [3.63, 3.8) is 0 Å². The van der Waals surface area contributed by atoms with Gasteiger partial charge in [0.25, 0.3) is 0 Å². The van der Waals surface area contributed by atoms with Crippen LogP contribution in [0.25, 0.3) is 0 Å². The van der Waals surface area contributed by atoms with E-state index in [0.717, 1.165) is 6.42 Å². The first-order valence-corrected chi connectivity index (χ1v) is 7.48. The molecule has 0 radical (unpaired) electrons. The molecule has 21 heavy (non-hydrogen) atoms. The van der Waals surface area contributed by atoms with Crippen molar-refractivity contribution in [1.82, 2.24) is 10.6 Å². The number of hydrogen-bond donors (Lipinski definition) is 3. The molecule has 1 rings (SSSR count). The summed E-state index contributed by atoms with van der Waals surface area (Å²) in [5.41, 5.74) is 0. The number of ether oxygens (including phenoxy) is 1. The molecule has 1 amide bonds. The average molecular weight is 315 g/mol. The van der Waals surface area contributed by atoms with Crippen LogP contribution in [0.4, 0.5) is 0 Å². The van der Waals surface area contributed by atoms with Gasteiger partial charge in [0.05, 0.1) is 6.04 Å². The van der Waals surface area contributed by atoms with Crippen LogP contribution in [0.1, 0.15) is 20.3 Å². The summed E-state index contributed by atoms with van der Waals surface area (Å²) in [6.07, 6.45) is 0.206. The van der Waals surface area contributed by atoms with Gasteiger partial charge in [0.2, 0.25) is 5.91 Å². The topological polar surface area (TPSA) is 70.6 Å². The molecular formula is C15H23ClN2O3. The Hall–Kier alpha value is -1.30. The SMILES string of the molecule is CCCNC(=O)C(C)NCC(O)COc1ccc(Cl)cc1. The van der Waals surface area contributed by atoms with Crippen molar-refractivity contribution in [2.24, 2.45) is 0 Å². The maximum Gasteiger partial charge on any atom is 0.236 e. The molecule has 1 aromatic rings. The van der Waals surface area contributed by atoms with Crippen LogP contribution in [0.15, 0.2) is 24.3 Å². The summed E-state index contributed by atoms with van der Waals surface area (Å²) >= 11 is 5.77. The van der Waals surface area contributed by atoms with Crippen molar-refractivity contribution < 1.29 is 14.6 Å². The van der Waals surface area contributed by atoms with Gasteiger partial charge in [0, 0.05) is 18.1 Å². The van der Waals surface area contributed by atoms with Crippen molar-refractivity contribution >= 4 is 17.5 Å². The third-order valence-corrected chi connectivity index (χ3v) is 3.11. The minimum Gasteiger partial charge on any atom is -0.491 e. The number of carbonyl (C=O) groups is 1. The molecule has 0 spiro atoms. The predicted molar refractivity (Wildman–Crippen MR) is 83.7 cm³/mol. The van der Waals surface area contributed by atoms with Crippen LogP contribution in [0.2, 0.25) is 5.02 Å². The Morgan fingerprint density at radius 2 is 2.05 bits per heavy atom. The lowest BCUT2D eigenvalue weighted by Gasteiger charge is -2.17. The minimum absolute atomic E-state index is 0.0670. The molecule has 0 heterocycles. The molecule has 0 aliphatic heterocycles. The van der Waals surface area contributed by atoms with Crippen LogP contribution in [0.3, 0.4) is 0 Å². The Morgan fingerprint density at radius 1 is 1.38 bits per heavy atom. The fraction of sp³-hybridized carbons (Fsp3) is 0.533. The number of aliphatic hydroxyl groups is 1. The molecule has 5 nitrogen and oxygen atoms in total. The molecular weight excluding hydrogens is 292 g/mol. The van der Waals surface area contributed by atoms with Gasteiger partial charge >= 0.3 is 0 Å². The van der Waals surface area contributed by atoms with Gasteiger partial charge in [-0.25, -0.2) is 0 Å². The third-order valence-electron chi connectivity index (χ3n) is 2.86. The zero-order chi connectivity index (χ0) is 15.7. The van der Waals surface area contributed by atoms with Crippen molar-refractivity contribution in [3.05, 3.63) is 29.3 Å². The lowest BCUT2D eigenvalue weighted by molar-refractivity contribution is -0.122. The van der Waals surface area contributed by atoms with E-state index in [1.807, 2.05) is 6.92 Å². The average Bonchev–Trinajstić information content (AvgIpc) is 2.49. The highest BCUT2D eigenvalue weighted by Crippen LogP contribution is 2.15. The van der Waals surface area contributed by atoms with Gasteiger partial charge in [-0.15, -0.1) is 0 Å². The molecule has 0 bridgehead atoms. The van der Waals surface area contributed by atoms with Gasteiger partial charge in [-0.3, -0.25) is 4.79 Å². The predicted octanol–water partition coefficient (Wildman–Crippen LogP) is 1.58. The van der Waals surface area contributed by atoms with E-state index in [0.29, 0.717) is 17.3 Å². The molecule has 0 saturated carbocycles. The lowest BCUT2D eigenvalue weighted by atomic mass is 10.2. The molecule has 2 atom stereocenters. The lowest BCUT2D eigenvalue weighted by Crippen LogP contribution is -2.45. The van der Waals surface area contributed by atoms with Crippen molar-refractivity contribution in [1.29, 1.82) is 0 Å². The van der Waals surface area contributed by atoms with E-state index in [2.05, 4.69) is 10.6 Å². The quantitative estimate of drug-likeness (QED) is 0.647. The minimum atomic E-state index is -0.692. The van der Waals surface area contributed by atoms with Gasteiger partial charge < -0.3 is 20.5 Å². The molecule has 2 unspecified atom stereocenters. The summed E-state index contributed by atoms with van der Waals surface area (Å²) in [5, 5.41) is 16.2. The Labute approximate surface area is 130 Å². The zero-order valence-corrected chi connectivity index (χ0v) is 13.2. The zero-order valence-electron chi connectivity index (χ0n) is 12.4. The first-order valence-electron chi connectivity index (χ1n) is 7.10. The number of amides is 1. The van der Waals surface area contributed by atoms with Gasteiger partial charge in [-0.1, -0.05) is 18.5 Å². The fourth-order valence-electron chi connectivity index (χ4n) is 1.59. The Balaban J connectivity index is 2.22. The maximum absolute atomic E-state index is 11.6. The highest BCUT2D eigenvalue weighted by molar-refractivity contribution is 6.30. The molecule has 118 valence electrons. The highest BCUT2D eigenvalue weighted by atomic mass is 35.5. The summed E-state index contributed by atoms with van der Waals surface area (Å²) in [6.45, 7) is 4.85. The summed E-state index contributed by atoms with van der Waals surface area (Å²) < 4.78 is 5.43. The van der Waals surface area contributed by atoms with E-state index in [1.54, 1.807) is 31.2 Å². The number of nitrogens with one attached hydrogen (secondary N) is 2. The van der Waals surface area contributed by atoms with E-state index in [-0.39, 0.29) is 25.1 Å². The summed E-state index contributed by atoms with van der Waals surface area (Å²) in [5.74, 6) is 0.579. The number of hydrogen-bond acceptors (Lipinski definition) is 4. The smallest absolute Gasteiger partial charge is 0.236 e. The normalized spacial score (nSPS) is 13.5. The maximum atomic E-state index is 11.6.